The largest absolute Gasteiger partial charge is 0.387 e. The monoisotopic (exact) mass is 439 g/mol. The smallest absolute Gasteiger partial charge is 0.255 e. The molecule has 0 saturated heterocycles. The highest BCUT2D eigenvalue weighted by Gasteiger charge is 2.27. The van der Waals surface area contributed by atoms with E-state index in [4.69, 9.17) is 5.26 Å². The number of amides is 1. The number of aliphatic hydroxyl groups is 1. The fourth-order valence-electron chi connectivity index (χ4n) is 2.91. The maximum atomic E-state index is 14.1. The van der Waals surface area contributed by atoms with Crippen molar-refractivity contribution in [1.82, 2.24) is 24.9 Å². The van der Waals surface area contributed by atoms with Gasteiger partial charge in [0.15, 0.2) is 5.65 Å². The number of hydrogen-bond acceptors (Lipinski definition) is 7. The quantitative estimate of drug-likeness (QED) is 0.492. The van der Waals surface area contributed by atoms with Gasteiger partial charge in [-0.05, 0) is 33.3 Å². The van der Waals surface area contributed by atoms with E-state index in [9.17, 15) is 14.3 Å². The van der Waals surface area contributed by atoms with Gasteiger partial charge >= 0.3 is 0 Å². The second kappa shape index (κ2) is 9.28. The van der Waals surface area contributed by atoms with Crippen molar-refractivity contribution in [3.05, 3.63) is 42.0 Å². The minimum absolute atomic E-state index is 0.0716. The van der Waals surface area contributed by atoms with Gasteiger partial charge in [-0.3, -0.25) is 9.78 Å². The highest BCUT2D eigenvalue weighted by molar-refractivity contribution is 6.00. The molecule has 0 radical (unpaired) electrons. The molecule has 1 amide bonds. The molecule has 3 N–H and O–H groups in total. The Bertz CT molecular complexity index is 1160. The lowest BCUT2D eigenvalue weighted by Gasteiger charge is -2.23. The Morgan fingerprint density at radius 2 is 2.09 bits per heavy atom. The first-order chi connectivity index (χ1) is 15.1. The molecule has 9 nitrogen and oxygen atoms in total. The summed E-state index contributed by atoms with van der Waals surface area (Å²) in [5.74, 6) is -0.501. The number of rotatable bonds is 8. The van der Waals surface area contributed by atoms with Crippen LogP contribution < -0.4 is 10.6 Å². The van der Waals surface area contributed by atoms with Crippen molar-refractivity contribution in [2.45, 2.75) is 51.9 Å². The first-order valence-corrected chi connectivity index (χ1v) is 10.3. The third-order valence-corrected chi connectivity index (χ3v) is 5.13. The maximum Gasteiger partial charge on any atom is 0.255 e. The van der Waals surface area contributed by atoms with Gasteiger partial charge in [-0.25, -0.2) is 13.9 Å². The van der Waals surface area contributed by atoms with Gasteiger partial charge in [0, 0.05) is 18.4 Å². The average Bonchev–Trinajstić information content (AvgIpc) is 3.19. The molecule has 0 fully saturated rings. The van der Waals surface area contributed by atoms with Crippen LogP contribution in [0.15, 0.2) is 30.9 Å². The normalized spacial score (nSPS) is 13.4. The summed E-state index contributed by atoms with van der Waals surface area (Å²) in [6, 6.07) is 3.81. The van der Waals surface area contributed by atoms with Crippen molar-refractivity contribution < 1.29 is 14.3 Å². The third kappa shape index (κ3) is 5.00. The van der Waals surface area contributed by atoms with Crippen LogP contribution in [-0.4, -0.2) is 55.0 Å². The predicted octanol–water partition coefficient (Wildman–Crippen LogP) is 2.71. The zero-order chi connectivity index (χ0) is 23.5. The second-order valence-electron chi connectivity index (χ2n) is 8.18. The van der Waals surface area contributed by atoms with Crippen molar-refractivity contribution in [2.75, 3.05) is 11.9 Å². The minimum atomic E-state index is -1.62. The summed E-state index contributed by atoms with van der Waals surface area (Å²) >= 11 is 0. The number of nitriles is 1. The fourth-order valence-corrected chi connectivity index (χ4v) is 2.91. The number of nitrogens with one attached hydrogen (secondary N) is 2. The molecule has 3 aromatic rings. The van der Waals surface area contributed by atoms with E-state index in [1.807, 2.05) is 19.9 Å². The summed E-state index contributed by atoms with van der Waals surface area (Å²) in [4.78, 5) is 21.4. The van der Waals surface area contributed by atoms with Crippen LogP contribution in [0.25, 0.3) is 16.9 Å². The molecule has 0 spiro atoms. The summed E-state index contributed by atoms with van der Waals surface area (Å²) < 4.78 is 15.6. The zero-order valence-electron chi connectivity index (χ0n) is 18.4. The van der Waals surface area contributed by atoms with Crippen molar-refractivity contribution in [3.63, 3.8) is 0 Å². The lowest BCUT2D eigenvalue weighted by atomic mass is 10.0. The molecule has 0 aromatic carbocycles. The standard InChI is InChI=1S/C22H26FN7O2/c1-5-13(2)29-18-6-17(15-10-28-30-12-14(7-24)8-26-20(15)30)25-9-16(18)21(31)27-11-19(23)22(3,4)32/h6,8-10,12-13,19,32H,5,11H2,1-4H3,(H,25,29)(H,27,31). The lowest BCUT2D eigenvalue weighted by Crippen LogP contribution is -2.42. The Kier molecular flexibility index (Phi) is 6.69. The molecule has 0 aliphatic heterocycles. The van der Waals surface area contributed by atoms with E-state index < -0.39 is 17.7 Å². The highest BCUT2D eigenvalue weighted by Crippen LogP contribution is 2.27. The van der Waals surface area contributed by atoms with Gasteiger partial charge in [-0.1, -0.05) is 6.92 Å². The number of anilines is 1. The number of aromatic nitrogens is 4. The van der Waals surface area contributed by atoms with Crippen molar-refractivity contribution in [1.29, 1.82) is 5.26 Å². The number of carbonyl (C=O) groups is 1. The summed E-state index contributed by atoms with van der Waals surface area (Å²) in [6.45, 7) is 6.36. The van der Waals surface area contributed by atoms with E-state index in [-0.39, 0.29) is 18.2 Å². The van der Waals surface area contributed by atoms with E-state index in [2.05, 4.69) is 25.7 Å². The molecule has 3 heterocycles. The van der Waals surface area contributed by atoms with E-state index in [0.717, 1.165) is 6.42 Å². The number of halogens is 1. The van der Waals surface area contributed by atoms with Crippen LogP contribution >= 0.6 is 0 Å². The number of fused-ring (bicyclic) bond motifs is 1. The average molecular weight is 439 g/mol. The van der Waals surface area contributed by atoms with Crippen molar-refractivity contribution in [2.24, 2.45) is 0 Å². The summed E-state index contributed by atoms with van der Waals surface area (Å²) in [5.41, 5.74) is 1.31. The molecule has 3 aromatic heterocycles. The zero-order valence-corrected chi connectivity index (χ0v) is 18.4. The summed E-state index contributed by atoms with van der Waals surface area (Å²) in [6.07, 6.45) is 5.24. The van der Waals surface area contributed by atoms with Gasteiger partial charge in [0.1, 0.15) is 12.2 Å². The first kappa shape index (κ1) is 23.1. The number of hydrogen-bond donors (Lipinski definition) is 3. The van der Waals surface area contributed by atoms with Crippen LogP contribution in [-0.2, 0) is 0 Å². The molecule has 32 heavy (non-hydrogen) atoms. The molecule has 2 unspecified atom stereocenters. The Hall–Kier alpha value is -3.58. The minimum Gasteiger partial charge on any atom is -0.387 e. The molecule has 3 rings (SSSR count). The van der Waals surface area contributed by atoms with Crippen LogP contribution in [0.1, 0.15) is 50.0 Å². The molecular weight excluding hydrogens is 413 g/mol. The fraction of sp³-hybridized carbons (Fsp3) is 0.409. The van der Waals surface area contributed by atoms with Gasteiger partial charge in [0.05, 0.1) is 52.6 Å². The van der Waals surface area contributed by atoms with Crippen LogP contribution in [0.4, 0.5) is 10.1 Å². The Morgan fingerprint density at radius 1 is 1.34 bits per heavy atom. The van der Waals surface area contributed by atoms with Crippen LogP contribution in [0.3, 0.4) is 0 Å². The van der Waals surface area contributed by atoms with Crippen molar-refractivity contribution in [3.8, 4) is 17.3 Å². The van der Waals surface area contributed by atoms with E-state index in [0.29, 0.717) is 28.2 Å². The van der Waals surface area contributed by atoms with Crippen LogP contribution in [0.5, 0.6) is 0 Å². The summed E-state index contributed by atoms with van der Waals surface area (Å²) in [7, 11) is 0. The van der Waals surface area contributed by atoms with Gasteiger partial charge < -0.3 is 15.7 Å². The van der Waals surface area contributed by atoms with E-state index >= 15 is 0 Å². The second-order valence-corrected chi connectivity index (χ2v) is 8.18. The molecule has 2 atom stereocenters. The Labute approximate surface area is 185 Å². The Morgan fingerprint density at radius 3 is 2.75 bits per heavy atom. The van der Waals surface area contributed by atoms with Gasteiger partial charge in [-0.15, -0.1) is 0 Å². The predicted molar refractivity (Wildman–Crippen MR) is 118 cm³/mol. The van der Waals surface area contributed by atoms with Crippen LogP contribution in [0, 0.1) is 11.3 Å². The topological polar surface area (TPSA) is 128 Å². The molecule has 0 saturated carbocycles. The maximum absolute atomic E-state index is 14.1. The molecule has 0 bridgehead atoms. The van der Waals surface area contributed by atoms with Crippen molar-refractivity contribution >= 4 is 17.2 Å². The number of carbonyl (C=O) groups excluding carboxylic acids is 1. The molecular formula is C22H26FN7O2. The highest BCUT2D eigenvalue weighted by atomic mass is 19.1. The van der Waals surface area contributed by atoms with Gasteiger partial charge in [0.2, 0.25) is 0 Å². The molecule has 0 aliphatic carbocycles. The number of alkyl halides is 1. The van der Waals surface area contributed by atoms with Crippen LogP contribution in [0.2, 0.25) is 0 Å². The van der Waals surface area contributed by atoms with Gasteiger partial charge in [-0.2, -0.15) is 10.4 Å². The molecule has 0 aliphatic rings. The number of pyridine rings is 1. The molecule has 10 heteroatoms. The van der Waals surface area contributed by atoms with Gasteiger partial charge in [0.25, 0.3) is 5.91 Å². The lowest BCUT2D eigenvalue weighted by molar-refractivity contribution is -0.00177. The Balaban J connectivity index is 1.95. The number of nitrogens with zero attached hydrogens (tertiary/aromatic N) is 5. The molecule has 168 valence electrons. The summed E-state index contributed by atoms with van der Waals surface area (Å²) in [5, 5.41) is 28.8. The van der Waals surface area contributed by atoms with E-state index in [1.165, 1.54) is 30.8 Å². The van der Waals surface area contributed by atoms with E-state index in [1.54, 1.807) is 18.5 Å². The third-order valence-electron chi connectivity index (χ3n) is 5.13. The first-order valence-electron chi connectivity index (χ1n) is 10.3. The SMILES string of the molecule is CCC(C)Nc1cc(-c2cnn3cc(C#N)cnc23)ncc1C(=O)NCC(F)C(C)(C)O.